The highest BCUT2D eigenvalue weighted by atomic mass is 32.2. The highest BCUT2D eigenvalue weighted by Crippen LogP contribution is 2.26. The highest BCUT2D eigenvalue weighted by Gasteiger charge is 2.28. The molecule has 27 heavy (non-hydrogen) atoms. The number of carbonyl (C=O) groups is 1. The first-order valence-corrected chi connectivity index (χ1v) is 9.34. The van der Waals surface area contributed by atoms with Crippen LogP contribution in [0, 0.1) is 5.41 Å². The van der Waals surface area contributed by atoms with Crippen LogP contribution in [0.15, 0.2) is 50.8 Å². The summed E-state index contributed by atoms with van der Waals surface area (Å²) in [7, 11) is -2.39. The third-order valence-electron chi connectivity index (χ3n) is 3.60. The monoisotopic (exact) mass is 395 g/mol. The zero-order valence-electron chi connectivity index (χ0n) is 15.1. The molecular formula is C17H21N3O6S. The molecule has 0 atom stereocenters. The number of methoxy groups -OCH3 is 1. The zero-order chi connectivity index (χ0) is 20.2. The van der Waals surface area contributed by atoms with Gasteiger partial charge in [-0.15, -0.1) is 0 Å². The lowest BCUT2D eigenvalue weighted by Crippen LogP contribution is -2.39. The van der Waals surface area contributed by atoms with Crippen molar-refractivity contribution < 1.29 is 27.1 Å². The van der Waals surface area contributed by atoms with E-state index in [1.54, 1.807) is 13.8 Å². The molecule has 0 aliphatic heterocycles. The average molecular weight is 395 g/mol. The van der Waals surface area contributed by atoms with Gasteiger partial charge in [-0.2, -0.15) is 0 Å². The number of rotatable bonds is 7. The third kappa shape index (κ3) is 4.86. The zero-order valence-corrected chi connectivity index (χ0v) is 15.9. The van der Waals surface area contributed by atoms with Crippen molar-refractivity contribution in [3.8, 4) is 5.75 Å². The summed E-state index contributed by atoms with van der Waals surface area (Å²) < 4.78 is 40.7. The van der Waals surface area contributed by atoms with Crippen LogP contribution in [0.25, 0.3) is 0 Å². The molecule has 1 aromatic heterocycles. The van der Waals surface area contributed by atoms with Crippen LogP contribution >= 0.6 is 0 Å². The Bertz CT molecular complexity index is 932. The Kier molecular flexibility index (Phi) is 5.91. The number of hydrazine groups is 1. The standard InChI is InChI=1S/C17H21N3O6S/c1-17(2,26-16(21)20-19)10-13(18)14-8-9-15(25-14)27(22,23)12-6-4-11(24-3)5-7-12/h4-9,18H,10,19H2,1-3H3,(H,20,21). The van der Waals surface area contributed by atoms with Gasteiger partial charge < -0.3 is 19.3 Å². The van der Waals surface area contributed by atoms with Gasteiger partial charge >= 0.3 is 6.09 Å². The Morgan fingerprint density at radius 1 is 1.22 bits per heavy atom. The molecule has 2 aromatic rings. The Hall–Kier alpha value is -2.85. The summed E-state index contributed by atoms with van der Waals surface area (Å²) in [4.78, 5) is 11.3. The molecule has 0 saturated carbocycles. The Morgan fingerprint density at radius 2 is 1.85 bits per heavy atom. The van der Waals surface area contributed by atoms with Crippen molar-refractivity contribution in [3.05, 3.63) is 42.2 Å². The molecule has 1 heterocycles. The first-order valence-electron chi connectivity index (χ1n) is 7.85. The number of ether oxygens (including phenoxy) is 2. The number of hydrogen-bond acceptors (Lipinski definition) is 8. The molecule has 1 aromatic carbocycles. The van der Waals surface area contributed by atoms with Crippen molar-refractivity contribution in [2.24, 2.45) is 5.84 Å². The Morgan fingerprint density at radius 3 is 2.41 bits per heavy atom. The van der Waals surface area contributed by atoms with Crippen molar-refractivity contribution in [1.82, 2.24) is 5.43 Å². The first-order chi connectivity index (χ1) is 12.6. The van der Waals surface area contributed by atoms with Crippen LogP contribution in [0.5, 0.6) is 5.75 Å². The van der Waals surface area contributed by atoms with E-state index in [1.807, 2.05) is 5.43 Å². The molecule has 2 rings (SSSR count). The number of sulfone groups is 1. The summed E-state index contributed by atoms with van der Waals surface area (Å²) in [6.07, 6.45) is -0.842. The van der Waals surface area contributed by atoms with Crippen LogP contribution in [0.2, 0.25) is 0 Å². The molecule has 0 spiro atoms. The van der Waals surface area contributed by atoms with E-state index in [1.165, 1.54) is 43.5 Å². The molecule has 1 amide bonds. The maximum absolute atomic E-state index is 12.6. The molecule has 9 nitrogen and oxygen atoms in total. The van der Waals surface area contributed by atoms with Gasteiger partial charge in [0.2, 0.25) is 14.9 Å². The van der Waals surface area contributed by atoms with E-state index in [0.717, 1.165) is 0 Å². The van der Waals surface area contributed by atoms with E-state index in [2.05, 4.69) is 0 Å². The molecule has 146 valence electrons. The van der Waals surface area contributed by atoms with Gasteiger partial charge in [0.05, 0.1) is 17.7 Å². The maximum atomic E-state index is 12.6. The third-order valence-corrected chi connectivity index (χ3v) is 5.24. The van der Waals surface area contributed by atoms with E-state index in [-0.39, 0.29) is 27.9 Å². The highest BCUT2D eigenvalue weighted by molar-refractivity contribution is 7.91. The van der Waals surface area contributed by atoms with Crippen molar-refractivity contribution in [1.29, 1.82) is 5.41 Å². The van der Waals surface area contributed by atoms with Crippen LogP contribution < -0.4 is 16.0 Å². The lowest BCUT2D eigenvalue weighted by molar-refractivity contribution is 0.0441. The molecule has 0 fully saturated rings. The van der Waals surface area contributed by atoms with Gasteiger partial charge in [0.1, 0.15) is 17.1 Å². The van der Waals surface area contributed by atoms with Gasteiger partial charge in [-0.25, -0.2) is 19.1 Å². The second-order valence-corrected chi connectivity index (χ2v) is 8.13. The number of nitrogens with one attached hydrogen (secondary N) is 2. The molecule has 0 aliphatic rings. The van der Waals surface area contributed by atoms with Crippen molar-refractivity contribution in [2.75, 3.05) is 7.11 Å². The minimum absolute atomic E-state index is 0.00401. The predicted molar refractivity (Wildman–Crippen MR) is 96.5 cm³/mol. The normalized spacial score (nSPS) is 11.7. The fourth-order valence-electron chi connectivity index (χ4n) is 2.33. The summed E-state index contributed by atoms with van der Waals surface area (Å²) in [6, 6.07) is 8.54. The number of carbonyl (C=O) groups excluding carboxylic acids is 1. The molecule has 0 unspecified atom stereocenters. The second kappa shape index (κ2) is 7.80. The van der Waals surface area contributed by atoms with Crippen molar-refractivity contribution >= 4 is 21.6 Å². The maximum Gasteiger partial charge on any atom is 0.421 e. The fraction of sp³-hybridized carbons (Fsp3) is 0.294. The van der Waals surface area contributed by atoms with Crippen molar-refractivity contribution in [3.63, 3.8) is 0 Å². The van der Waals surface area contributed by atoms with E-state index in [9.17, 15) is 13.2 Å². The van der Waals surface area contributed by atoms with Crippen LogP contribution in [0.1, 0.15) is 26.0 Å². The van der Waals surface area contributed by atoms with Gasteiger partial charge in [-0.05, 0) is 50.2 Å². The lowest BCUT2D eigenvalue weighted by atomic mass is 10.00. The summed E-state index contributed by atoms with van der Waals surface area (Å²) in [6.45, 7) is 3.18. The number of nitrogens with two attached hydrogens (primary N) is 1. The van der Waals surface area contributed by atoms with E-state index >= 15 is 0 Å². The van der Waals surface area contributed by atoms with E-state index in [0.29, 0.717) is 5.75 Å². The smallest absolute Gasteiger partial charge is 0.421 e. The van der Waals surface area contributed by atoms with Crippen LogP contribution in [-0.2, 0) is 14.6 Å². The van der Waals surface area contributed by atoms with Gasteiger partial charge in [0.15, 0.2) is 0 Å². The Labute approximate surface area is 156 Å². The van der Waals surface area contributed by atoms with Gasteiger partial charge in [-0.3, -0.25) is 5.43 Å². The number of furan rings is 1. The van der Waals surface area contributed by atoms with Crippen molar-refractivity contribution in [2.45, 2.75) is 35.9 Å². The van der Waals surface area contributed by atoms with Crippen LogP contribution in [-0.4, -0.2) is 32.9 Å². The molecule has 0 aliphatic carbocycles. The quantitative estimate of drug-likeness (QED) is 0.282. The van der Waals surface area contributed by atoms with E-state index in [4.69, 9.17) is 25.1 Å². The first kappa shape index (κ1) is 20.5. The summed E-state index contributed by atoms with van der Waals surface area (Å²) in [5.41, 5.74) is 0.775. The minimum atomic E-state index is -3.87. The molecule has 10 heteroatoms. The van der Waals surface area contributed by atoms with Gasteiger partial charge in [0.25, 0.3) is 0 Å². The van der Waals surface area contributed by atoms with Gasteiger partial charge in [0, 0.05) is 6.42 Å². The molecule has 0 radical (unpaired) electrons. The second-order valence-electron chi connectivity index (χ2n) is 6.25. The molecular weight excluding hydrogens is 374 g/mol. The average Bonchev–Trinajstić information content (AvgIpc) is 3.12. The predicted octanol–water partition coefficient (Wildman–Crippen LogP) is 2.26. The topological polar surface area (TPSA) is 145 Å². The number of amides is 1. The largest absolute Gasteiger partial charge is 0.497 e. The summed E-state index contributed by atoms with van der Waals surface area (Å²) in [5, 5.41) is 7.83. The molecule has 0 bridgehead atoms. The molecule has 4 N–H and O–H groups in total. The minimum Gasteiger partial charge on any atom is -0.497 e. The summed E-state index contributed by atoms with van der Waals surface area (Å²) in [5.74, 6) is 5.56. The van der Waals surface area contributed by atoms with E-state index < -0.39 is 21.5 Å². The fourth-order valence-corrected chi connectivity index (χ4v) is 3.50. The summed E-state index contributed by atoms with van der Waals surface area (Å²) >= 11 is 0. The number of benzene rings is 1. The van der Waals surface area contributed by atoms with Crippen LogP contribution in [0.4, 0.5) is 4.79 Å². The lowest BCUT2D eigenvalue weighted by Gasteiger charge is -2.24. The molecule has 0 saturated heterocycles. The number of hydrogen-bond donors (Lipinski definition) is 3. The van der Waals surface area contributed by atoms with Crippen LogP contribution in [0.3, 0.4) is 0 Å². The SMILES string of the molecule is COc1ccc(S(=O)(=O)c2ccc(C(=N)CC(C)(C)OC(=O)NN)o2)cc1. The van der Waals surface area contributed by atoms with Gasteiger partial charge in [-0.1, -0.05) is 0 Å². The Balaban J connectivity index is 2.19.